The van der Waals surface area contributed by atoms with Crippen molar-refractivity contribution in [3.63, 3.8) is 0 Å². The fourth-order valence-corrected chi connectivity index (χ4v) is 6.46. The van der Waals surface area contributed by atoms with Gasteiger partial charge in [0.1, 0.15) is 10.7 Å². The lowest BCUT2D eigenvalue weighted by Crippen LogP contribution is -2.30. The number of carbonyl (C=O) groups excluding carboxylic acids is 1. The van der Waals surface area contributed by atoms with Gasteiger partial charge in [0.25, 0.3) is 5.91 Å². The zero-order chi connectivity index (χ0) is 28.7. The monoisotopic (exact) mass is 608 g/mol. The van der Waals surface area contributed by atoms with E-state index in [2.05, 4.69) is 37.6 Å². The van der Waals surface area contributed by atoms with Crippen molar-refractivity contribution in [1.29, 1.82) is 0 Å². The van der Waals surface area contributed by atoms with Crippen molar-refractivity contribution in [3.05, 3.63) is 142 Å². The molecule has 7 nitrogen and oxygen atoms in total. The maximum absolute atomic E-state index is 13.3. The normalized spacial score (nSPS) is 11.7. The molecule has 3 heterocycles. The maximum atomic E-state index is 13.3. The summed E-state index contributed by atoms with van der Waals surface area (Å²) in [5, 5.41) is 16.1. The number of thioether (sulfide) groups is 1. The molecule has 0 aliphatic heterocycles. The van der Waals surface area contributed by atoms with E-state index in [1.54, 1.807) is 17.8 Å². The van der Waals surface area contributed by atoms with Crippen LogP contribution in [0.1, 0.15) is 32.7 Å². The molecule has 1 N–H and O–H groups in total. The first-order chi connectivity index (χ1) is 20.6. The summed E-state index contributed by atoms with van der Waals surface area (Å²) in [6.45, 7) is 0. The first-order valence-electron chi connectivity index (χ1n) is 13.2. The number of amides is 1. The van der Waals surface area contributed by atoms with Crippen LogP contribution < -0.4 is 5.32 Å². The lowest BCUT2D eigenvalue weighted by atomic mass is 9.99. The van der Waals surface area contributed by atoms with Gasteiger partial charge in [-0.05, 0) is 47.9 Å². The number of rotatable bonds is 10. The summed E-state index contributed by atoms with van der Waals surface area (Å²) in [4.78, 5) is 22.1. The second kappa shape index (κ2) is 13.1. The molecular formula is C32H25ClN6OS2. The summed E-state index contributed by atoms with van der Waals surface area (Å²) >= 11 is 9.27. The molecule has 208 valence electrons. The third kappa shape index (κ3) is 6.60. The SMILES string of the molecule is O=C(N[C@H](Cc1ccccc1)c1ccccc1)c1csc(CSc2nnc(-c3ccncc3)n2-c2cccc(Cl)c2)n1. The molecule has 0 fully saturated rings. The largest absolute Gasteiger partial charge is 0.344 e. The fraction of sp³-hybridized carbons (Fsp3) is 0.0938. The number of nitrogens with one attached hydrogen (secondary N) is 1. The van der Waals surface area contributed by atoms with Crippen LogP contribution >= 0.6 is 34.7 Å². The molecule has 1 amide bonds. The Bertz CT molecular complexity index is 1780. The number of pyridine rings is 1. The van der Waals surface area contributed by atoms with Crippen molar-refractivity contribution < 1.29 is 4.79 Å². The Morgan fingerprint density at radius 1 is 0.929 bits per heavy atom. The molecule has 0 radical (unpaired) electrons. The standard InChI is InChI=1S/C32H25ClN6OS2/c33-25-12-7-13-26(19-25)39-30(24-14-16-34-17-15-24)37-38-32(39)42-21-29-35-28(20-41-29)31(40)36-27(23-10-5-2-6-11-23)18-22-8-3-1-4-9-22/h1-17,19-20,27H,18,21H2,(H,36,40)/t27-/m1/s1. The van der Waals surface area contributed by atoms with Gasteiger partial charge in [-0.15, -0.1) is 21.5 Å². The molecule has 6 aromatic rings. The zero-order valence-corrected chi connectivity index (χ0v) is 24.7. The van der Waals surface area contributed by atoms with E-state index in [1.165, 1.54) is 23.1 Å². The highest BCUT2D eigenvalue weighted by molar-refractivity contribution is 7.98. The molecule has 0 bridgehead atoms. The van der Waals surface area contributed by atoms with E-state index >= 15 is 0 Å². The van der Waals surface area contributed by atoms with E-state index in [4.69, 9.17) is 11.6 Å². The predicted octanol–water partition coefficient (Wildman–Crippen LogP) is 7.45. The summed E-state index contributed by atoms with van der Waals surface area (Å²) in [5.41, 5.74) is 4.34. The van der Waals surface area contributed by atoms with Gasteiger partial charge in [-0.3, -0.25) is 14.3 Å². The van der Waals surface area contributed by atoms with Crippen LogP contribution in [0.2, 0.25) is 5.02 Å². The zero-order valence-electron chi connectivity index (χ0n) is 22.3. The smallest absolute Gasteiger partial charge is 0.271 e. The minimum atomic E-state index is -0.200. The highest BCUT2D eigenvalue weighted by atomic mass is 35.5. The first kappa shape index (κ1) is 27.8. The highest BCUT2D eigenvalue weighted by Gasteiger charge is 2.20. The second-order valence-corrected chi connectivity index (χ2v) is 11.7. The molecule has 0 spiro atoms. The molecule has 10 heteroatoms. The van der Waals surface area contributed by atoms with Crippen LogP contribution in [0.15, 0.2) is 120 Å². The molecule has 3 aromatic heterocycles. The Kier molecular flexibility index (Phi) is 8.69. The van der Waals surface area contributed by atoms with Gasteiger partial charge in [-0.1, -0.05) is 90.1 Å². The van der Waals surface area contributed by atoms with Gasteiger partial charge in [-0.2, -0.15) is 0 Å². The fourth-order valence-electron chi connectivity index (χ4n) is 4.53. The Morgan fingerprint density at radius 2 is 1.69 bits per heavy atom. The molecule has 0 aliphatic rings. The van der Waals surface area contributed by atoms with Crippen molar-refractivity contribution in [2.75, 3.05) is 0 Å². The summed E-state index contributed by atoms with van der Waals surface area (Å²) in [6.07, 6.45) is 4.13. The van der Waals surface area contributed by atoms with Crippen molar-refractivity contribution >= 4 is 40.6 Å². The average molecular weight is 609 g/mol. The van der Waals surface area contributed by atoms with E-state index in [-0.39, 0.29) is 11.9 Å². The average Bonchev–Trinajstić information content (AvgIpc) is 3.69. The number of carbonyl (C=O) groups is 1. The van der Waals surface area contributed by atoms with Crippen LogP contribution in [0.4, 0.5) is 0 Å². The third-order valence-electron chi connectivity index (χ3n) is 6.54. The minimum absolute atomic E-state index is 0.177. The molecule has 0 unspecified atom stereocenters. The lowest BCUT2D eigenvalue weighted by molar-refractivity contribution is 0.0932. The number of hydrogen-bond acceptors (Lipinski definition) is 7. The van der Waals surface area contributed by atoms with Crippen LogP contribution in [0.5, 0.6) is 0 Å². The van der Waals surface area contributed by atoms with Crippen LogP contribution in [0.3, 0.4) is 0 Å². The van der Waals surface area contributed by atoms with Gasteiger partial charge < -0.3 is 5.32 Å². The molecule has 0 aliphatic carbocycles. The summed E-state index contributed by atoms with van der Waals surface area (Å²) in [5.74, 6) is 1.01. The molecule has 42 heavy (non-hydrogen) atoms. The van der Waals surface area contributed by atoms with Crippen molar-refractivity contribution in [1.82, 2.24) is 30.0 Å². The van der Waals surface area contributed by atoms with Crippen molar-refractivity contribution in [3.8, 4) is 17.1 Å². The molecule has 1 atom stereocenters. The van der Waals surface area contributed by atoms with Gasteiger partial charge in [0.05, 0.1) is 17.5 Å². The van der Waals surface area contributed by atoms with Crippen LogP contribution in [-0.4, -0.2) is 30.6 Å². The Hall–Kier alpha value is -4.31. The second-order valence-electron chi connectivity index (χ2n) is 9.40. The minimum Gasteiger partial charge on any atom is -0.344 e. The number of thiazole rings is 1. The Labute approximate surface area is 256 Å². The number of hydrogen-bond donors (Lipinski definition) is 1. The highest BCUT2D eigenvalue weighted by Crippen LogP contribution is 2.31. The van der Waals surface area contributed by atoms with Gasteiger partial charge in [-0.25, -0.2) is 4.98 Å². The van der Waals surface area contributed by atoms with Gasteiger partial charge in [0.2, 0.25) is 0 Å². The van der Waals surface area contributed by atoms with E-state index in [1.807, 2.05) is 89.5 Å². The Morgan fingerprint density at radius 3 is 2.45 bits per heavy atom. The van der Waals surface area contributed by atoms with Crippen LogP contribution in [0.25, 0.3) is 17.1 Å². The van der Waals surface area contributed by atoms with Crippen LogP contribution in [-0.2, 0) is 12.2 Å². The maximum Gasteiger partial charge on any atom is 0.271 e. The van der Waals surface area contributed by atoms with Crippen LogP contribution in [0, 0.1) is 0 Å². The summed E-state index contributed by atoms with van der Waals surface area (Å²) in [7, 11) is 0. The Balaban J connectivity index is 1.19. The van der Waals surface area contributed by atoms with Crippen molar-refractivity contribution in [2.24, 2.45) is 0 Å². The van der Waals surface area contributed by atoms with E-state index in [0.717, 1.165) is 27.4 Å². The number of aromatic nitrogens is 5. The number of nitrogens with zero attached hydrogens (tertiary/aromatic N) is 5. The molecule has 3 aromatic carbocycles. The molecule has 6 rings (SSSR count). The summed E-state index contributed by atoms with van der Waals surface area (Å²) in [6, 6.07) is 31.4. The number of halogens is 1. The van der Waals surface area contributed by atoms with E-state index in [0.29, 0.717) is 33.9 Å². The molecule has 0 saturated carbocycles. The molecular weight excluding hydrogens is 584 g/mol. The van der Waals surface area contributed by atoms with E-state index < -0.39 is 0 Å². The quantitative estimate of drug-likeness (QED) is 0.163. The topological polar surface area (TPSA) is 85.6 Å². The lowest BCUT2D eigenvalue weighted by Gasteiger charge is -2.19. The van der Waals surface area contributed by atoms with Crippen molar-refractivity contribution in [2.45, 2.75) is 23.4 Å². The number of benzene rings is 3. The van der Waals surface area contributed by atoms with Gasteiger partial charge in [0.15, 0.2) is 11.0 Å². The third-order valence-corrected chi connectivity index (χ3v) is 8.74. The van der Waals surface area contributed by atoms with E-state index in [9.17, 15) is 4.79 Å². The predicted molar refractivity (Wildman–Crippen MR) is 168 cm³/mol. The van der Waals surface area contributed by atoms with Gasteiger partial charge >= 0.3 is 0 Å². The van der Waals surface area contributed by atoms with Gasteiger partial charge in [0, 0.05) is 28.4 Å². The first-order valence-corrected chi connectivity index (χ1v) is 15.5. The summed E-state index contributed by atoms with van der Waals surface area (Å²) < 4.78 is 1.97. The molecule has 0 saturated heterocycles.